The van der Waals surface area contributed by atoms with Gasteiger partial charge in [0.15, 0.2) is 0 Å². The van der Waals surface area contributed by atoms with Gasteiger partial charge in [0.2, 0.25) is 0 Å². The first-order valence-corrected chi connectivity index (χ1v) is 9.39. The Morgan fingerprint density at radius 2 is 1.58 bits per heavy atom. The zero-order chi connectivity index (χ0) is 18.5. The lowest BCUT2D eigenvalue weighted by Crippen LogP contribution is -2.20. The van der Waals surface area contributed by atoms with E-state index < -0.39 is 0 Å². The quantitative estimate of drug-likeness (QED) is 0.516. The van der Waals surface area contributed by atoms with Crippen LogP contribution in [0.4, 0.5) is 0 Å². The Morgan fingerprint density at radius 3 is 2.19 bits per heavy atom. The number of aromatic nitrogens is 1. The Labute approximate surface area is 160 Å². The molecular formula is C23H24ClNO. The zero-order valence-electron chi connectivity index (χ0n) is 15.7. The SMILES string of the molecule is COC1c2c(-c3ccccc3)c(-c3ccc(Cl)cc3)c(C)n2CC1(C)C. The van der Waals surface area contributed by atoms with Crippen molar-refractivity contribution in [2.24, 2.45) is 5.41 Å². The third-order valence-electron chi connectivity index (χ3n) is 5.52. The van der Waals surface area contributed by atoms with Gasteiger partial charge in [-0.25, -0.2) is 0 Å². The number of nitrogens with zero attached hydrogens (tertiary/aromatic N) is 1. The highest BCUT2D eigenvalue weighted by molar-refractivity contribution is 6.30. The molecule has 0 amide bonds. The molecule has 0 fully saturated rings. The van der Waals surface area contributed by atoms with E-state index in [1.165, 1.54) is 33.6 Å². The molecule has 0 N–H and O–H groups in total. The second-order valence-corrected chi connectivity index (χ2v) is 8.22. The molecule has 2 aromatic carbocycles. The second-order valence-electron chi connectivity index (χ2n) is 7.78. The molecule has 3 heteroatoms. The molecule has 1 unspecified atom stereocenters. The lowest BCUT2D eigenvalue weighted by Gasteiger charge is -2.26. The molecule has 2 nitrogen and oxygen atoms in total. The Kier molecular flexibility index (Phi) is 4.21. The second kappa shape index (κ2) is 6.29. The molecule has 1 aliphatic rings. The summed E-state index contributed by atoms with van der Waals surface area (Å²) in [5, 5.41) is 0.760. The molecule has 26 heavy (non-hydrogen) atoms. The summed E-state index contributed by atoms with van der Waals surface area (Å²) in [6.07, 6.45) is 0.0671. The van der Waals surface area contributed by atoms with Crippen LogP contribution in [-0.2, 0) is 11.3 Å². The topological polar surface area (TPSA) is 14.2 Å². The van der Waals surface area contributed by atoms with Gasteiger partial charge in [-0.2, -0.15) is 0 Å². The fourth-order valence-corrected chi connectivity index (χ4v) is 4.52. The van der Waals surface area contributed by atoms with Crippen LogP contribution in [0.1, 0.15) is 31.3 Å². The lowest BCUT2D eigenvalue weighted by molar-refractivity contribution is 0.0185. The predicted octanol–water partition coefficient (Wildman–Crippen LogP) is 6.51. The number of hydrogen-bond donors (Lipinski definition) is 0. The molecule has 0 saturated heterocycles. The predicted molar refractivity (Wildman–Crippen MR) is 109 cm³/mol. The van der Waals surface area contributed by atoms with Gasteiger partial charge in [-0.05, 0) is 30.2 Å². The summed E-state index contributed by atoms with van der Waals surface area (Å²) in [6.45, 7) is 7.74. The molecule has 1 aliphatic heterocycles. The summed E-state index contributed by atoms with van der Waals surface area (Å²) in [7, 11) is 1.82. The van der Waals surface area contributed by atoms with E-state index in [9.17, 15) is 0 Å². The first-order valence-electron chi connectivity index (χ1n) is 9.01. The van der Waals surface area contributed by atoms with Gasteiger partial charge in [0.05, 0.1) is 5.69 Å². The van der Waals surface area contributed by atoms with Crippen LogP contribution in [0.25, 0.3) is 22.3 Å². The molecule has 4 rings (SSSR count). The molecule has 2 heterocycles. The number of ether oxygens (including phenoxy) is 1. The summed E-state index contributed by atoms with van der Waals surface area (Å²) in [5.41, 5.74) is 7.62. The number of rotatable bonds is 3. The van der Waals surface area contributed by atoms with Gasteiger partial charge in [-0.1, -0.05) is 67.9 Å². The van der Waals surface area contributed by atoms with Crippen molar-refractivity contribution in [1.29, 1.82) is 0 Å². The van der Waals surface area contributed by atoms with Gasteiger partial charge >= 0.3 is 0 Å². The van der Waals surface area contributed by atoms with E-state index in [1.807, 2.05) is 19.2 Å². The number of benzene rings is 2. The lowest BCUT2D eigenvalue weighted by atomic mass is 9.84. The average Bonchev–Trinajstić information content (AvgIpc) is 3.05. The van der Waals surface area contributed by atoms with Crippen LogP contribution < -0.4 is 0 Å². The molecule has 0 radical (unpaired) electrons. The highest BCUT2D eigenvalue weighted by Crippen LogP contribution is 2.52. The summed E-state index contributed by atoms with van der Waals surface area (Å²) >= 11 is 6.13. The highest BCUT2D eigenvalue weighted by Gasteiger charge is 2.43. The molecule has 3 aromatic rings. The minimum absolute atomic E-state index is 0.0664. The standard InChI is InChI=1S/C23H24ClNO/c1-15-19(17-10-12-18(24)13-11-17)20(16-8-6-5-7-9-16)21-22(26-4)23(2,3)14-25(15)21/h5-13,22H,14H2,1-4H3. The molecule has 0 aliphatic carbocycles. The Morgan fingerprint density at radius 1 is 0.962 bits per heavy atom. The van der Waals surface area contributed by atoms with E-state index >= 15 is 0 Å². The molecule has 134 valence electrons. The first-order chi connectivity index (χ1) is 12.4. The summed E-state index contributed by atoms with van der Waals surface area (Å²) < 4.78 is 8.44. The van der Waals surface area contributed by atoms with E-state index in [2.05, 4.69) is 67.8 Å². The maximum absolute atomic E-state index is 6.13. The van der Waals surface area contributed by atoms with Gasteiger partial charge in [-0.3, -0.25) is 0 Å². The van der Waals surface area contributed by atoms with Crippen LogP contribution in [0.5, 0.6) is 0 Å². The van der Waals surface area contributed by atoms with Crippen molar-refractivity contribution in [3.63, 3.8) is 0 Å². The van der Waals surface area contributed by atoms with Gasteiger partial charge < -0.3 is 9.30 Å². The molecule has 0 bridgehead atoms. The monoisotopic (exact) mass is 365 g/mol. The van der Waals surface area contributed by atoms with Crippen molar-refractivity contribution in [1.82, 2.24) is 4.57 Å². The van der Waals surface area contributed by atoms with Gasteiger partial charge in [-0.15, -0.1) is 0 Å². The fourth-order valence-electron chi connectivity index (χ4n) is 4.39. The van der Waals surface area contributed by atoms with E-state index in [4.69, 9.17) is 16.3 Å². The van der Waals surface area contributed by atoms with Crippen LogP contribution >= 0.6 is 11.6 Å². The molecular weight excluding hydrogens is 342 g/mol. The van der Waals surface area contributed by atoms with E-state index in [-0.39, 0.29) is 11.5 Å². The van der Waals surface area contributed by atoms with Crippen LogP contribution in [0.3, 0.4) is 0 Å². The minimum atomic E-state index is 0.0664. The van der Waals surface area contributed by atoms with Gasteiger partial charge in [0.25, 0.3) is 0 Å². The normalized spacial score (nSPS) is 18.1. The number of halogens is 1. The molecule has 1 atom stereocenters. The van der Waals surface area contributed by atoms with Crippen LogP contribution in [0, 0.1) is 12.3 Å². The zero-order valence-corrected chi connectivity index (χ0v) is 16.5. The number of fused-ring (bicyclic) bond motifs is 1. The van der Waals surface area contributed by atoms with Crippen molar-refractivity contribution in [2.75, 3.05) is 7.11 Å². The summed E-state index contributed by atoms with van der Waals surface area (Å²) in [5.74, 6) is 0. The molecule has 1 aromatic heterocycles. The average molecular weight is 366 g/mol. The number of methoxy groups -OCH3 is 1. The van der Waals surface area contributed by atoms with Crippen LogP contribution in [0.2, 0.25) is 5.02 Å². The third-order valence-corrected chi connectivity index (χ3v) is 5.77. The van der Waals surface area contributed by atoms with Gasteiger partial charge in [0.1, 0.15) is 6.10 Å². The van der Waals surface area contributed by atoms with Gasteiger partial charge in [0, 0.05) is 40.9 Å². The minimum Gasteiger partial charge on any atom is -0.375 e. The Bertz CT molecular complexity index is 939. The third kappa shape index (κ3) is 2.60. The van der Waals surface area contributed by atoms with Crippen LogP contribution in [-0.4, -0.2) is 11.7 Å². The fraction of sp³-hybridized carbons (Fsp3) is 0.304. The maximum Gasteiger partial charge on any atom is 0.104 e. The Balaban J connectivity index is 2.04. The van der Waals surface area contributed by atoms with E-state index in [0.717, 1.165) is 11.6 Å². The van der Waals surface area contributed by atoms with Crippen molar-refractivity contribution in [3.05, 3.63) is 71.0 Å². The van der Waals surface area contributed by atoms with Crippen molar-refractivity contribution < 1.29 is 4.74 Å². The smallest absolute Gasteiger partial charge is 0.104 e. The van der Waals surface area contributed by atoms with Crippen molar-refractivity contribution in [3.8, 4) is 22.3 Å². The van der Waals surface area contributed by atoms with E-state index in [1.54, 1.807) is 0 Å². The van der Waals surface area contributed by atoms with Crippen molar-refractivity contribution >= 4 is 11.6 Å². The summed E-state index contributed by atoms with van der Waals surface area (Å²) in [6, 6.07) is 18.8. The first kappa shape index (κ1) is 17.4. The molecule has 0 saturated carbocycles. The summed E-state index contributed by atoms with van der Waals surface area (Å²) in [4.78, 5) is 0. The van der Waals surface area contributed by atoms with E-state index in [0.29, 0.717) is 0 Å². The largest absolute Gasteiger partial charge is 0.375 e. The maximum atomic E-state index is 6.13. The molecule has 0 spiro atoms. The highest BCUT2D eigenvalue weighted by atomic mass is 35.5. The Hall–Kier alpha value is -2.03. The van der Waals surface area contributed by atoms with Crippen LogP contribution in [0.15, 0.2) is 54.6 Å². The van der Waals surface area contributed by atoms with Crippen molar-refractivity contribution in [2.45, 2.75) is 33.4 Å². The number of hydrogen-bond acceptors (Lipinski definition) is 1.